The molecule has 3 heteroatoms. The molecule has 2 unspecified atom stereocenters. The number of methoxy groups -OCH3 is 1. The van der Waals surface area contributed by atoms with Crippen molar-refractivity contribution in [3.05, 3.63) is 12.2 Å². The molecule has 0 bridgehead atoms. The number of hydrogen-bond donors (Lipinski definition) is 2. The monoisotopic (exact) mass is 186 g/mol. The van der Waals surface area contributed by atoms with Crippen LogP contribution in [0.4, 0.5) is 0 Å². The zero-order valence-electron chi connectivity index (χ0n) is 8.97. The van der Waals surface area contributed by atoms with Crippen molar-refractivity contribution in [1.29, 1.82) is 0 Å². The van der Waals surface area contributed by atoms with Crippen molar-refractivity contribution >= 4 is 0 Å². The summed E-state index contributed by atoms with van der Waals surface area (Å²) in [5.74, 6) is 5.43. The lowest BCUT2D eigenvalue weighted by atomic mass is 10.0. The van der Waals surface area contributed by atoms with Crippen molar-refractivity contribution in [3.63, 3.8) is 0 Å². The predicted molar refractivity (Wildman–Crippen MR) is 56.2 cm³/mol. The van der Waals surface area contributed by atoms with Crippen LogP contribution < -0.4 is 11.3 Å². The molecule has 0 radical (unpaired) electrons. The Balaban J connectivity index is 3.81. The van der Waals surface area contributed by atoms with E-state index in [0.717, 1.165) is 19.3 Å². The largest absolute Gasteiger partial charge is 0.382 e. The van der Waals surface area contributed by atoms with Crippen molar-refractivity contribution < 1.29 is 4.74 Å². The lowest BCUT2D eigenvalue weighted by molar-refractivity contribution is 0.100. The normalized spacial score (nSPS) is 15.4. The summed E-state index contributed by atoms with van der Waals surface area (Å²) < 4.78 is 5.17. The highest BCUT2D eigenvalue weighted by Crippen LogP contribution is 2.11. The molecule has 0 aromatic carbocycles. The molecule has 2 atom stereocenters. The van der Waals surface area contributed by atoms with E-state index in [1.807, 2.05) is 6.92 Å². The number of nitrogens with two attached hydrogens (primary N) is 1. The predicted octanol–water partition coefficient (Wildman–Crippen LogP) is 1.60. The molecule has 0 aliphatic heterocycles. The van der Waals surface area contributed by atoms with Gasteiger partial charge in [0.1, 0.15) is 0 Å². The minimum absolute atomic E-state index is 0.241. The topological polar surface area (TPSA) is 47.3 Å². The van der Waals surface area contributed by atoms with E-state index in [-0.39, 0.29) is 12.1 Å². The molecule has 3 N–H and O–H groups in total. The maximum atomic E-state index is 5.43. The average molecular weight is 186 g/mol. The van der Waals surface area contributed by atoms with Gasteiger partial charge in [-0.25, -0.2) is 0 Å². The minimum Gasteiger partial charge on any atom is -0.382 e. The second-order valence-electron chi connectivity index (χ2n) is 3.45. The molecule has 13 heavy (non-hydrogen) atoms. The number of hydrogen-bond acceptors (Lipinski definition) is 3. The Bertz CT molecular complexity index is 148. The standard InChI is InChI=1S/C10H22N2O/c1-5-8(2)6-10(12-11)7-9(3)13-4/h9-10,12H,2,5-7,11H2,1,3-4H3. The van der Waals surface area contributed by atoms with Gasteiger partial charge in [0.05, 0.1) is 6.10 Å². The van der Waals surface area contributed by atoms with Crippen molar-refractivity contribution in [2.75, 3.05) is 7.11 Å². The highest BCUT2D eigenvalue weighted by molar-refractivity contribution is 4.96. The molecular weight excluding hydrogens is 164 g/mol. The van der Waals surface area contributed by atoms with Gasteiger partial charge in [-0.2, -0.15) is 0 Å². The fraction of sp³-hybridized carbons (Fsp3) is 0.800. The van der Waals surface area contributed by atoms with Crippen LogP contribution >= 0.6 is 0 Å². The SMILES string of the molecule is C=C(CC)CC(CC(C)OC)NN. The van der Waals surface area contributed by atoms with Crippen molar-refractivity contribution in [2.24, 2.45) is 5.84 Å². The maximum absolute atomic E-state index is 5.43. The molecule has 0 aliphatic rings. The van der Waals surface area contributed by atoms with Gasteiger partial charge in [0.15, 0.2) is 0 Å². The Morgan fingerprint density at radius 3 is 2.62 bits per heavy atom. The van der Waals surface area contributed by atoms with Crippen molar-refractivity contribution in [3.8, 4) is 0 Å². The summed E-state index contributed by atoms with van der Waals surface area (Å²) in [4.78, 5) is 0. The van der Waals surface area contributed by atoms with Crippen molar-refractivity contribution in [2.45, 2.75) is 45.3 Å². The molecule has 0 aromatic rings. The molecule has 0 saturated carbocycles. The van der Waals surface area contributed by atoms with Crippen LogP contribution in [-0.2, 0) is 4.74 Å². The maximum Gasteiger partial charge on any atom is 0.0558 e. The second kappa shape index (κ2) is 7.06. The van der Waals surface area contributed by atoms with Crippen LogP contribution in [0.1, 0.15) is 33.1 Å². The van der Waals surface area contributed by atoms with Gasteiger partial charge in [-0.15, -0.1) is 0 Å². The Hall–Kier alpha value is -0.380. The van der Waals surface area contributed by atoms with E-state index < -0.39 is 0 Å². The van der Waals surface area contributed by atoms with Gasteiger partial charge in [-0.1, -0.05) is 19.1 Å². The highest BCUT2D eigenvalue weighted by atomic mass is 16.5. The molecule has 0 spiro atoms. The van der Waals surface area contributed by atoms with Gasteiger partial charge < -0.3 is 4.74 Å². The smallest absolute Gasteiger partial charge is 0.0558 e. The minimum atomic E-state index is 0.241. The number of hydrazine groups is 1. The molecule has 0 fully saturated rings. The molecule has 78 valence electrons. The lowest BCUT2D eigenvalue weighted by Gasteiger charge is -2.19. The summed E-state index contributed by atoms with van der Waals surface area (Å²) in [5.41, 5.74) is 4.02. The van der Waals surface area contributed by atoms with Crippen LogP contribution in [0.2, 0.25) is 0 Å². The summed E-state index contributed by atoms with van der Waals surface area (Å²) in [5, 5.41) is 0. The van der Waals surface area contributed by atoms with Crippen LogP contribution in [0.5, 0.6) is 0 Å². The second-order valence-corrected chi connectivity index (χ2v) is 3.45. The Kier molecular flexibility index (Phi) is 6.86. The van der Waals surface area contributed by atoms with E-state index in [0.29, 0.717) is 0 Å². The molecule has 0 saturated heterocycles. The molecule has 0 aliphatic carbocycles. The van der Waals surface area contributed by atoms with Crippen LogP contribution in [0.25, 0.3) is 0 Å². The van der Waals surface area contributed by atoms with Crippen LogP contribution in [0.3, 0.4) is 0 Å². The lowest BCUT2D eigenvalue weighted by Crippen LogP contribution is -2.37. The van der Waals surface area contributed by atoms with Gasteiger partial charge in [0.25, 0.3) is 0 Å². The Labute approximate surface area is 81.3 Å². The summed E-state index contributed by atoms with van der Waals surface area (Å²) in [6.07, 6.45) is 3.11. The first kappa shape index (κ1) is 12.6. The third-order valence-electron chi connectivity index (χ3n) is 2.29. The number of rotatable bonds is 7. The molecule has 0 rings (SSSR count). The first-order valence-corrected chi connectivity index (χ1v) is 4.79. The van der Waals surface area contributed by atoms with Crippen LogP contribution in [0.15, 0.2) is 12.2 Å². The molecular formula is C10H22N2O. The summed E-state index contributed by atoms with van der Waals surface area (Å²) >= 11 is 0. The van der Waals surface area contributed by atoms with Gasteiger partial charge in [0.2, 0.25) is 0 Å². The number of ether oxygens (including phenoxy) is 1. The summed E-state index contributed by atoms with van der Waals surface area (Å²) in [6, 6.07) is 0.280. The average Bonchev–Trinajstić information content (AvgIpc) is 2.16. The van der Waals surface area contributed by atoms with Gasteiger partial charge in [0, 0.05) is 13.2 Å². The Morgan fingerprint density at radius 1 is 1.62 bits per heavy atom. The number of nitrogens with one attached hydrogen (secondary N) is 1. The third kappa shape index (κ3) is 5.80. The van der Waals surface area contributed by atoms with E-state index >= 15 is 0 Å². The van der Waals surface area contributed by atoms with Gasteiger partial charge >= 0.3 is 0 Å². The van der Waals surface area contributed by atoms with E-state index in [9.17, 15) is 0 Å². The highest BCUT2D eigenvalue weighted by Gasteiger charge is 2.11. The fourth-order valence-corrected chi connectivity index (χ4v) is 1.20. The fourth-order valence-electron chi connectivity index (χ4n) is 1.20. The Morgan fingerprint density at radius 2 is 2.23 bits per heavy atom. The molecule has 0 amide bonds. The zero-order valence-corrected chi connectivity index (χ0v) is 8.97. The molecule has 3 nitrogen and oxygen atoms in total. The zero-order chi connectivity index (χ0) is 10.3. The van der Waals surface area contributed by atoms with E-state index in [1.165, 1.54) is 5.57 Å². The third-order valence-corrected chi connectivity index (χ3v) is 2.29. The van der Waals surface area contributed by atoms with Crippen molar-refractivity contribution in [1.82, 2.24) is 5.43 Å². The molecule has 0 heterocycles. The van der Waals surface area contributed by atoms with Crippen LogP contribution in [-0.4, -0.2) is 19.3 Å². The van der Waals surface area contributed by atoms with Gasteiger partial charge in [-0.3, -0.25) is 11.3 Å². The van der Waals surface area contributed by atoms with E-state index in [4.69, 9.17) is 10.6 Å². The summed E-state index contributed by atoms with van der Waals surface area (Å²) in [6.45, 7) is 8.11. The van der Waals surface area contributed by atoms with Gasteiger partial charge in [-0.05, 0) is 26.2 Å². The first-order valence-electron chi connectivity index (χ1n) is 4.79. The van der Waals surface area contributed by atoms with Crippen LogP contribution in [0, 0.1) is 0 Å². The first-order chi connectivity index (χ1) is 6.13. The quantitative estimate of drug-likeness (QED) is 0.361. The molecule has 0 aromatic heterocycles. The van der Waals surface area contributed by atoms with E-state index in [1.54, 1.807) is 7.11 Å². The van der Waals surface area contributed by atoms with E-state index in [2.05, 4.69) is 18.9 Å². The summed E-state index contributed by atoms with van der Waals surface area (Å²) in [7, 11) is 1.72.